The lowest BCUT2D eigenvalue weighted by Gasteiger charge is -2.13. The Kier molecular flexibility index (Phi) is 4.13. The highest BCUT2D eigenvalue weighted by atomic mass is 35.5. The van der Waals surface area contributed by atoms with Gasteiger partial charge in [0.2, 0.25) is 5.91 Å². The molecule has 1 aromatic rings. The monoisotopic (exact) mass is 274 g/mol. The van der Waals surface area contributed by atoms with E-state index in [9.17, 15) is 14.3 Å². The van der Waals surface area contributed by atoms with E-state index in [2.05, 4.69) is 5.32 Å². The van der Waals surface area contributed by atoms with Gasteiger partial charge in [-0.25, -0.2) is 4.39 Å². The van der Waals surface area contributed by atoms with E-state index in [-0.39, 0.29) is 30.4 Å². The molecule has 1 aliphatic rings. The lowest BCUT2D eigenvalue weighted by Crippen LogP contribution is -2.31. The molecule has 1 atom stereocenters. The number of halogens is 2. The first-order valence-electron chi connectivity index (χ1n) is 5.35. The Morgan fingerprint density at radius 2 is 2.44 bits per heavy atom. The van der Waals surface area contributed by atoms with Crippen molar-refractivity contribution in [2.24, 2.45) is 0 Å². The molecule has 1 aliphatic heterocycles. The Labute approximate surface area is 108 Å². The summed E-state index contributed by atoms with van der Waals surface area (Å²) in [4.78, 5) is 16.6. The third-order valence-corrected chi connectivity index (χ3v) is 2.62. The van der Waals surface area contributed by atoms with Crippen molar-refractivity contribution < 1.29 is 19.1 Å². The van der Waals surface area contributed by atoms with Crippen molar-refractivity contribution in [1.82, 2.24) is 5.06 Å². The van der Waals surface area contributed by atoms with Crippen LogP contribution in [0, 0.1) is 5.82 Å². The van der Waals surface area contributed by atoms with Gasteiger partial charge in [0.15, 0.2) is 0 Å². The van der Waals surface area contributed by atoms with Crippen LogP contribution in [0.1, 0.15) is 0 Å². The number of amides is 1. The lowest BCUT2D eigenvalue weighted by atomic mass is 10.3. The number of hydrogen-bond donors (Lipinski definition) is 2. The summed E-state index contributed by atoms with van der Waals surface area (Å²) >= 11 is 5.60. The van der Waals surface area contributed by atoms with E-state index in [4.69, 9.17) is 16.4 Å². The fraction of sp³-hybridized carbons (Fsp3) is 0.364. The van der Waals surface area contributed by atoms with Crippen LogP contribution in [-0.4, -0.2) is 41.9 Å². The topological polar surface area (TPSA) is 61.8 Å². The second kappa shape index (κ2) is 5.62. The SMILES string of the molecule is O=C(CN1CC(O)CO1)Nc1ccc(Cl)cc1F. The average molecular weight is 275 g/mol. The predicted octanol–water partition coefficient (Wildman–Crippen LogP) is 1.03. The number of hydrogen-bond acceptors (Lipinski definition) is 4. The van der Waals surface area contributed by atoms with Crippen LogP contribution in [0.25, 0.3) is 0 Å². The van der Waals surface area contributed by atoms with Gasteiger partial charge in [-0.3, -0.25) is 9.63 Å². The van der Waals surface area contributed by atoms with E-state index in [1.54, 1.807) is 0 Å². The highest BCUT2D eigenvalue weighted by Crippen LogP contribution is 2.18. The summed E-state index contributed by atoms with van der Waals surface area (Å²) < 4.78 is 13.4. The van der Waals surface area contributed by atoms with Gasteiger partial charge in [0.05, 0.1) is 24.9 Å². The Hall–Kier alpha value is -1.21. The summed E-state index contributed by atoms with van der Waals surface area (Å²) in [5, 5.41) is 13.2. The molecule has 0 spiro atoms. The number of hydroxylamine groups is 2. The van der Waals surface area contributed by atoms with Crippen LogP contribution in [0.3, 0.4) is 0 Å². The molecule has 7 heteroatoms. The number of benzene rings is 1. The van der Waals surface area contributed by atoms with Gasteiger partial charge in [0.25, 0.3) is 0 Å². The zero-order valence-corrected chi connectivity index (χ0v) is 10.2. The van der Waals surface area contributed by atoms with Gasteiger partial charge in [-0.2, -0.15) is 5.06 Å². The molecule has 1 amide bonds. The number of rotatable bonds is 3. The van der Waals surface area contributed by atoms with Gasteiger partial charge in [-0.1, -0.05) is 11.6 Å². The smallest absolute Gasteiger partial charge is 0.241 e. The zero-order valence-electron chi connectivity index (χ0n) is 9.40. The summed E-state index contributed by atoms with van der Waals surface area (Å²) in [7, 11) is 0. The first-order valence-corrected chi connectivity index (χ1v) is 5.73. The number of nitrogens with one attached hydrogen (secondary N) is 1. The van der Waals surface area contributed by atoms with Crippen LogP contribution in [-0.2, 0) is 9.63 Å². The van der Waals surface area contributed by atoms with Gasteiger partial charge >= 0.3 is 0 Å². The van der Waals surface area contributed by atoms with Crippen LogP contribution in [0.5, 0.6) is 0 Å². The molecule has 0 aromatic heterocycles. The molecule has 2 N–H and O–H groups in total. The van der Waals surface area contributed by atoms with Gasteiger partial charge in [-0.15, -0.1) is 0 Å². The highest BCUT2D eigenvalue weighted by molar-refractivity contribution is 6.30. The molecule has 5 nitrogen and oxygen atoms in total. The molecule has 98 valence electrons. The highest BCUT2D eigenvalue weighted by Gasteiger charge is 2.23. The predicted molar refractivity (Wildman–Crippen MR) is 63.6 cm³/mol. The summed E-state index contributed by atoms with van der Waals surface area (Å²) in [5.74, 6) is -1.02. The van der Waals surface area contributed by atoms with Crippen molar-refractivity contribution in [1.29, 1.82) is 0 Å². The molecule has 0 saturated carbocycles. The third kappa shape index (κ3) is 3.39. The zero-order chi connectivity index (χ0) is 13.1. The molecular weight excluding hydrogens is 263 g/mol. The Bertz CT molecular complexity index is 458. The Morgan fingerprint density at radius 1 is 1.67 bits per heavy atom. The van der Waals surface area contributed by atoms with Crippen molar-refractivity contribution in [2.45, 2.75) is 6.10 Å². The minimum atomic E-state index is -0.599. The first kappa shape index (κ1) is 13.2. The van der Waals surface area contributed by atoms with Crippen LogP contribution in [0.2, 0.25) is 5.02 Å². The number of β-amino-alcohol motifs (C(OH)–C–C–N with tert-alkyl or cyclic N) is 1. The van der Waals surface area contributed by atoms with E-state index in [0.717, 1.165) is 6.07 Å². The fourth-order valence-corrected chi connectivity index (χ4v) is 1.74. The van der Waals surface area contributed by atoms with Crippen molar-refractivity contribution >= 4 is 23.2 Å². The lowest BCUT2D eigenvalue weighted by molar-refractivity contribution is -0.138. The number of aliphatic hydroxyl groups is 1. The summed E-state index contributed by atoms with van der Waals surface area (Å²) in [6.45, 7) is 0.359. The third-order valence-electron chi connectivity index (χ3n) is 2.39. The van der Waals surface area contributed by atoms with Crippen LogP contribution >= 0.6 is 11.6 Å². The molecule has 1 unspecified atom stereocenters. The molecule has 0 aliphatic carbocycles. The maximum atomic E-state index is 13.4. The second-order valence-electron chi connectivity index (χ2n) is 3.94. The normalized spacial score (nSPS) is 20.1. The Morgan fingerprint density at radius 3 is 3.06 bits per heavy atom. The number of anilines is 1. The summed E-state index contributed by atoms with van der Waals surface area (Å²) in [6.07, 6.45) is -0.593. The van der Waals surface area contributed by atoms with E-state index < -0.39 is 17.8 Å². The molecular formula is C11H12ClFN2O3. The number of aliphatic hydroxyl groups excluding tert-OH is 1. The van der Waals surface area contributed by atoms with Crippen molar-refractivity contribution in [3.05, 3.63) is 29.0 Å². The van der Waals surface area contributed by atoms with Crippen molar-refractivity contribution in [2.75, 3.05) is 25.0 Å². The minimum Gasteiger partial charge on any atom is -0.389 e. The molecule has 0 bridgehead atoms. The summed E-state index contributed by atoms with van der Waals surface area (Å²) in [5.41, 5.74) is 0.0594. The number of carbonyl (C=O) groups excluding carboxylic acids is 1. The average Bonchev–Trinajstić information content (AvgIpc) is 2.68. The van der Waals surface area contributed by atoms with Crippen LogP contribution < -0.4 is 5.32 Å². The molecule has 2 rings (SSSR count). The summed E-state index contributed by atoms with van der Waals surface area (Å²) in [6, 6.07) is 3.99. The van der Waals surface area contributed by atoms with Gasteiger partial charge in [0, 0.05) is 5.02 Å². The van der Waals surface area contributed by atoms with Crippen molar-refractivity contribution in [3.63, 3.8) is 0 Å². The van der Waals surface area contributed by atoms with Gasteiger partial charge < -0.3 is 10.4 Å². The van der Waals surface area contributed by atoms with E-state index in [1.807, 2.05) is 0 Å². The van der Waals surface area contributed by atoms with Gasteiger partial charge in [0.1, 0.15) is 12.4 Å². The second-order valence-corrected chi connectivity index (χ2v) is 4.38. The van der Waals surface area contributed by atoms with Gasteiger partial charge in [-0.05, 0) is 18.2 Å². The van der Waals surface area contributed by atoms with E-state index >= 15 is 0 Å². The molecule has 1 heterocycles. The molecule has 18 heavy (non-hydrogen) atoms. The first-order chi connectivity index (χ1) is 8.54. The molecule has 1 aromatic carbocycles. The van der Waals surface area contributed by atoms with E-state index in [0.29, 0.717) is 0 Å². The number of carbonyl (C=O) groups is 1. The molecule has 1 saturated heterocycles. The van der Waals surface area contributed by atoms with E-state index in [1.165, 1.54) is 17.2 Å². The Balaban J connectivity index is 1.91. The minimum absolute atomic E-state index is 0.0594. The largest absolute Gasteiger partial charge is 0.389 e. The van der Waals surface area contributed by atoms with Crippen LogP contribution in [0.15, 0.2) is 18.2 Å². The maximum absolute atomic E-state index is 13.4. The van der Waals surface area contributed by atoms with Crippen molar-refractivity contribution in [3.8, 4) is 0 Å². The fourth-order valence-electron chi connectivity index (χ4n) is 1.58. The standard InChI is InChI=1S/C11H12ClFN2O3/c12-7-1-2-10(9(13)3-7)14-11(17)5-15-4-8(16)6-18-15/h1-3,8,16H,4-6H2,(H,14,17). The molecule has 0 radical (unpaired) electrons. The number of nitrogens with zero attached hydrogens (tertiary/aromatic N) is 1. The van der Waals surface area contributed by atoms with Crippen LogP contribution in [0.4, 0.5) is 10.1 Å². The maximum Gasteiger partial charge on any atom is 0.241 e. The molecule has 1 fully saturated rings. The quantitative estimate of drug-likeness (QED) is 0.864.